The highest BCUT2D eigenvalue weighted by Gasteiger charge is 2.31. The minimum Gasteiger partial charge on any atom is -0.384 e. The number of anilines is 1. The average molecular weight is 281 g/mol. The van der Waals surface area contributed by atoms with Gasteiger partial charge in [0.2, 0.25) is 0 Å². The van der Waals surface area contributed by atoms with Crippen molar-refractivity contribution in [2.24, 2.45) is 7.05 Å². The van der Waals surface area contributed by atoms with Crippen molar-refractivity contribution in [1.29, 1.82) is 0 Å². The highest BCUT2D eigenvalue weighted by molar-refractivity contribution is 7.91. The van der Waals surface area contributed by atoms with Gasteiger partial charge in [0.1, 0.15) is 17.2 Å². The van der Waals surface area contributed by atoms with Gasteiger partial charge in [-0.3, -0.25) is 4.68 Å². The molecule has 7 nitrogen and oxygen atoms in total. The van der Waals surface area contributed by atoms with Crippen molar-refractivity contribution < 1.29 is 8.42 Å². The third-order valence-corrected chi connectivity index (χ3v) is 5.05. The van der Waals surface area contributed by atoms with Crippen LogP contribution in [0.1, 0.15) is 12.5 Å². The fraction of sp³-hybridized carbons (Fsp3) is 0.455. The summed E-state index contributed by atoms with van der Waals surface area (Å²) in [5.41, 5.74) is 7.32. The summed E-state index contributed by atoms with van der Waals surface area (Å²) in [5.74, 6) is 0.791. The van der Waals surface area contributed by atoms with Crippen LogP contribution >= 0.6 is 0 Å². The van der Waals surface area contributed by atoms with Crippen LogP contribution in [0.4, 0.5) is 5.82 Å². The van der Waals surface area contributed by atoms with E-state index in [1.165, 1.54) is 0 Å². The lowest BCUT2D eigenvalue weighted by Crippen LogP contribution is -2.14. The highest BCUT2D eigenvalue weighted by Crippen LogP contribution is 2.28. The number of aryl methyl sites for hydroxylation is 1. The Labute approximate surface area is 110 Å². The summed E-state index contributed by atoms with van der Waals surface area (Å²) in [7, 11) is -1.12. The summed E-state index contributed by atoms with van der Waals surface area (Å²) in [6.07, 6.45) is 2.39. The van der Waals surface area contributed by atoms with Crippen LogP contribution in [0.2, 0.25) is 0 Å². The van der Waals surface area contributed by atoms with Crippen molar-refractivity contribution in [2.75, 3.05) is 17.2 Å². The van der Waals surface area contributed by atoms with Gasteiger partial charge in [0.25, 0.3) is 0 Å². The largest absolute Gasteiger partial charge is 0.384 e. The van der Waals surface area contributed by atoms with Gasteiger partial charge in [-0.15, -0.1) is 0 Å². The molecule has 0 radical (unpaired) electrons. The lowest BCUT2D eigenvalue weighted by atomic mass is 10.3. The molecule has 3 rings (SSSR count). The fourth-order valence-electron chi connectivity index (χ4n) is 2.35. The number of rotatable bonds is 2. The second-order valence-electron chi connectivity index (χ2n) is 4.83. The van der Waals surface area contributed by atoms with Crippen molar-refractivity contribution in [3.8, 4) is 11.4 Å². The zero-order valence-corrected chi connectivity index (χ0v) is 11.3. The average Bonchev–Trinajstić information content (AvgIpc) is 2.98. The third kappa shape index (κ3) is 2.23. The maximum atomic E-state index is 11.5. The third-order valence-electron chi connectivity index (χ3n) is 3.29. The van der Waals surface area contributed by atoms with Gasteiger partial charge in [-0.05, 0) is 12.5 Å². The molecule has 0 amide bonds. The van der Waals surface area contributed by atoms with Crippen LogP contribution in [0, 0.1) is 0 Å². The molecule has 19 heavy (non-hydrogen) atoms. The first-order valence-electron chi connectivity index (χ1n) is 6.00. The molecule has 1 fully saturated rings. The summed E-state index contributed by atoms with van der Waals surface area (Å²) in [5, 5.41) is 8.65. The Hall–Kier alpha value is -1.83. The molecule has 1 saturated heterocycles. The van der Waals surface area contributed by atoms with Crippen LogP contribution in [0.3, 0.4) is 0 Å². The van der Waals surface area contributed by atoms with Gasteiger partial charge >= 0.3 is 0 Å². The number of sulfone groups is 1. The molecule has 1 aliphatic rings. The Bertz CT molecular complexity index is 715. The van der Waals surface area contributed by atoms with E-state index in [0.717, 1.165) is 5.69 Å². The molecular formula is C11H15N5O2S. The summed E-state index contributed by atoms with van der Waals surface area (Å²) < 4.78 is 26.3. The normalized spacial score (nSPS) is 21.8. The summed E-state index contributed by atoms with van der Waals surface area (Å²) in [6.45, 7) is 0. The predicted octanol–water partition coefficient (Wildman–Crippen LogP) is 0.225. The first-order valence-corrected chi connectivity index (χ1v) is 7.82. The molecule has 0 saturated carbocycles. The van der Waals surface area contributed by atoms with Crippen LogP contribution in [0.15, 0.2) is 18.3 Å². The molecule has 1 atom stereocenters. The molecule has 8 heteroatoms. The SMILES string of the molecule is Cn1ccc(-c2cc(N)n(C3CCS(=O)(=O)C3)n2)n1. The van der Waals surface area contributed by atoms with E-state index >= 15 is 0 Å². The number of nitrogens with two attached hydrogens (primary N) is 1. The smallest absolute Gasteiger partial charge is 0.152 e. The van der Waals surface area contributed by atoms with Gasteiger partial charge < -0.3 is 5.73 Å². The fourth-order valence-corrected chi connectivity index (χ4v) is 4.04. The molecule has 102 valence electrons. The minimum absolute atomic E-state index is 0.112. The molecule has 2 aromatic heterocycles. The number of aromatic nitrogens is 4. The van der Waals surface area contributed by atoms with Crippen LogP contribution < -0.4 is 5.73 Å². The van der Waals surface area contributed by atoms with E-state index in [0.29, 0.717) is 17.9 Å². The zero-order chi connectivity index (χ0) is 13.6. The van der Waals surface area contributed by atoms with Gasteiger partial charge in [-0.25, -0.2) is 13.1 Å². The molecule has 2 N–H and O–H groups in total. The zero-order valence-electron chi connectivity index (χ0n) is 10.5. The Morgan fingerprint density at radius 1 is 1.37 bits per heavy atom. The molecule has 0 bridgehead atoms. The maximum Gasteiger partial charge on any atom is 0.152 e. The van der Waals surface area contributed by atoms with Gasteiger partial charge in [0, 0.05) is 19.3 Å². The monoisotopic (exact) mass is 281 g/mol. The van der Waals surface area contributed by atoms with Crippen LogP contribution in [-0.2, 0) is 16.9 Å². The van der Waals surface area contributed by atoms with Gasteiger partial charge in [0.05, 0.1) is 17.5 Å². The van der Waals surface area contributed by atoms with E-state index in [-0.39, 0.29) is 17.5 Å². The molecule has 3 heterocycles. The summed E-state index contributed by atoms with van der Waals surface area (Å²) in [6, 6.07) is 3.41. The van der Waals surface area contributed by atoms with E-state index in [9.17, 15) is 8.42 Å². The second-order valence-corrected chi connectivity index (χ2v) is 7.06. The number of nitrogens with zero attached hydrogens (tertiary/aromatic N) is 4. The van der Waals surface area contributed by atoms with Crippen LogP contribution in [0.5, 0.6) is 0 Å². The number of hydrogen-bond acceptors (Lipinski definition) is 5. The molecule has 0 aliphatic carbocycles. The second kappa shape index (κ2) is 4.09. The summed E-state index contributed by atoms with van der Waals surface area (Å²) >= 11 is 0. The molecule has 1 aliphatic heterocycles. The van der Waals surface area contributed by atoms with E-state index in [4.69, 9.17) is 5.73 Å². The number of hydrogen-bond donors (Lipinski definition) is 1. The maximum absolute atomic E-state index is 11.5. The number of nitrogen functional groups attached to an aromatic ring is 1. The Kier molecular flexibility index (Phi) is 2.63. The van der Waals surface area contributed by atoms with Gasteiger partial charge in [-0.1, -0.05) is 0 Å². The van der Waals surface area contributed by atoms with E-state index in [2.05, 4.69) is 10.2 Å². The molecule has 0 aromatic carbocycles. The standard InChI is InChI=1S/C11H15N5O2S/c1-15-4-2-9(13-15)10-6-11(12)16(14-10)8-3-5-19(17,18)7-8/h2,4,6,8H,3,5,7,12H2,1H3. The molecular weight excluding hydrogens is 266 g/mol. The quantitative estimate of drug-likeness (QED) is 0.849. The van der Waals surface area contributed by atoms with Crippen LogP contribution in [-0.4, -0.2) is 39.5 Å². The Morgan fingerprint density at radius 3 is 2.74 bits per heavy atom. The molecule has 0 spiro atoms. The lowest BCUT2D eigenvalue weighted by Gasteiger charge is -2.09. The minimum atomic E-state index is -2.95. The van der Waals surface area contributed by atoms with Crippen molar-refractivity contribution in [3.05, 3.63) is 18.3 Å². The van der Waals surface area contributed by atoms with Crippen LogP contribution in [0.25, 0.3) is 11.4 Å². The van der Waals surface area contributed by atoms with E-state index in [1.807, 2.05) is 19.3 Å². The Balaban J connectivity index is 1.94. The van der Waals surface area contributed by atoms with Crippen molar-refractivity contribution in [2.45, 2.75) is 12.5 Å². The molecule has 2 aromatic rings. The first kappa shape index (κ1) is 12.2. The van der Waals surface area contributed by atoms with E-state index < -0.39 is 9.84 Å². The van der Waals surface area contributed by atoms with Crippen molar-refractivity contribution in [3.63, 3.8) is 0 Å². The van der Waals surface area contributed by atoms with E-state index in [1.54, 1.807) is 15.4 Å². The first-order chi connectivity index (χ1) is 8.94. The van der Waals surface area contributed by atoms with Crippen molar-refractivity contribution >= 4 is 15.7 Å². The highest BCUT2D eigenvalue weighted by atomic mass is 32.2. The topological polar surface area (TPSA) is 95.8 Å². The van der Waals surface area contributed by atoms with Gasteiger partial charge in [-0.2, -0.15) is 10.2 Å². The molecule has 1 unspecified atom stereocenters. The predicted molar refractivity (Wildman–Crippen MR) is 71.1 cm³/mol. The van der Waals surface area contributed by atoms with Gasteiger partial charge in [0.15, 0.2) is 9.84 Å². The Morgan fingerprint density at radius 2 is 2.16 bits per heavy atom. The summed E-state index contributed by atoms with van der Waals surface area (Å²) in [4.78, 5) is 0. The lowest BCUT2D eigenvalue weighted by molar-refractivity contribution is 0.508. The van der Waals surface area contributed by atoms with Crippen molar-refractivity contribution in [1.82, 2.24) is 19.6 Å².